The van der Waals surface area contributed by atoms with Crippen molar-refractivity contribution in [2.45, 2.75) is 117 Å². The second kappa shape index (κ2) is 10.8. The Morgan fingerprint density at radius 2 is 1.87 bits per heavy atom. The Bertz CT molecular complexity index is 586. The number of amides is 1. The largest absolute Gasteiger partial charge is 0.414 e. The summed E-state index contributed by atoms with van der Waals surface area (Å²) in [5.41, 5.74) is -0.406. The first-order valence-corrected chi connectivity index (χ1v) is 14.6. The average Bonchev–Trinajstić information content (AvgIpc) is 3.34. The number of hydrogen-bond acceptors (Lipinski definition) is 4. The molecule has 6 heteroatoms. The van der Waals surface area contributed by atoms with Crippen molar-refractivity contribution >= 4 is 14.2 Å². The normalized spacial score (nSPS) is 26.3. The number of ether oxygens (including phenoxy) is 1. The van der Waals surface area contributed by atoms with Gasteiger partial charge in [-0.3, -0.25) is 4.79 Å². The maximum atomic E-state index is 12.3. The zero-order valence-corrected chi connectivity index (χ0v) is 22.0. The van der Waals surface area contributed by atoms with Gasteiger partial charge in [0.15, 0.2) is 8.32 Å². The van der Waals surface area contributed by atoms with Crippen LogP contribution in [0.25, 0.3) is 0 Å². The molecule has 1 aliphatic rings. The second-order valence-corrected chi connectivity index (χ2v) is 15.6. The third kappa shape index (κ3) is 7.47. The minimum Gasteiger partial charge on any atom is -0.414 e. The lowest BCUT2D eigenvalue weighted by atomic mass is 9.91. The SMILES string of the molecule is CC[C@H](C[C@H](C)[C@H]1O[C@]1(C)/C=C/C(=O)N[C@H](CO)[C@@H](C)CC)O[Si](C)(C)C(C)(C)C. The molecule has 1 aliphatic heterocycles. The van der Waals surface area contributed by atoms with Crippen molar-refractivity contribution in [3.05, 3.63) is 12.2 Å². The van der Waals surface area contributed by atoms with Crippen molar-refractivity contribution in [3.63, 3.8) is 0 Å². The smallest absolute Gasteiger partial charge is 0.244 e. The second-order valence-electron chi connectivity index (χ2n) is 10.9. The minimum absolute atomic E-state index is 0.0470. The Morgan fingerprint density at radius 1 is 1.27 bits per heavy atom. The van der Waals surface area contributed by atoms with Crippen LogP contribution in [0, 0.1) is 11.8 Å². The molecule has 30 heavy (non-hydrogen) atoms. The summed E-state index contributed by atoms with van der Waals surface area (Å²) >= 11 is 0. The van der Waals surface area contributed by atoms with E-state index >= 15 is 0 Å². The Morgan fingerprint density at radius 3 is 2.33 bits per heavy atom. The summed E-state index contributed by atoms with van der Waals surface area (Å²) in [5, 5.41) is 12.6. The highest BCUT2D eigenvalue weighted by atomic mass is 28.4. The Balaban J connectivity index is 2.63. The fourth-order valence-corrected chi connectivity index (χ4v) is 5.06. The zero-order valence-electron chi connectivity index (χ0n) is 21.0. The Labute approximate surface area is 186 Å². The molecule has 0 unspecified atom stereocenters. The van der Waals surface area contributed by atoms with Gasteiger partial charge in [0, 0.05) is 12.2 Å². The lowest BCUT2D eigenvalue weighted by Gasteiger charge is -2.39. The highest BCUT2D eigenvalue weighted by molar-refractivity contribution is 6.74. The molecule has 0 aromatic rings. The van der Waals surface area contributed by atoms with Crippen LogP contribution in [0.2, 0.25) is 18.1 Å². The highest BCUT2D eigenvalue weighted by Crippen LogP contribution is 2.45. The van der Waals surface area contributed by atoms with Gasteiger partial charge in [-0.2, -0.15) is 0 Å². The summed E-state index contributed by atoms with van der Waals surface area (Å²) in [6.45, 7) is 21.9. The van der Waals surface area contributed by atoms with Gasteiger partial charge >= 0.3 is 0 Å². The minimum atomic E-state index is -1.80. The Kier molecular flexibility index (Phi) is 9.80. The number of carbonyl (C=O) groups excluding carboxylic acids is 1. The number of hydrogen-bond donors (Lipinski definition) is 2. The number of nitrogens with one attached hydrogen (secondary N) is 1. The predicted molar refractivity (Wildman–Crippen MR) is 127 cm³/mol. The highest BCUT2D eigenvalue weighted by Gasteiger charge is 2.53. The van der Waals surface area contributed by atoms with Gasteiger partial charge in [0.05, 0.1) is 18.8 Å². The first kappa shape index (κ1) is 27.3. The number of carbonyl (C=O) groups is 1. The molecule has 0 aromatic carbocycles. The molecule has 0 aromatic heterocycles. The molecule has 0 bridgehead atoms. The van der Waals surface area contributed by atoms with Gasteiger partial charge in [0.25, 0.3) is 0 Å². The van der Waals surface area contributed by atoms with Gasteiger partial charge in [0.2, 0.25) is 5.91 Å². The molecule has 1 rings (SSSR count). The van der Waals surface area contributed by atoms with Crippen LogP contribution in [0.1, 0.15) is 74.7 Å². The van der Waals surface area contributed by atoms with Gasteiger partial charge in [-0.1, -0.05) is 54.9 Å². The summed E-state index contributed by atoms with van der Waals surface area (Å²) < 4.78 is 12.6. The van der Waals surface area contributed by atoms with Crippen molar-refractivity contribution in [3.8, 4) is 0 Å². The predicted octanol–water partition coefficient (Wildman–Crippen LogP) is 5.05. The first-order valence-electron chi connectivity index (χ1n) is 11.7. The molecule has 0 radical (unpaired) electrons. The van der Waals surface area contributed by atoms with E-state index in [2.05, 4.69) is 60.0 Å². The first-order chi connectivity index (χ1) is 13.7. The molecular formula is C24H47NO4Si. The lowest BCUT2D eigenvalue weighted by molar-refractivity contribution is -0.117. The van der Waals surface area contributed by atoms with E-state index in [4.69, 9.17) is 9.16 Å². The van der Waals surface area contributed by atoms with Gasteiger partial charge < -0.3 is 19.6 Å². The van der Waals surface area contributed by atoms with Crippen molar-refractivity contribution in [1.82, 2.24) is 5.32 Å². The van der Waals surface area contributed by atoms with Crippen LogP contribution >= 0.6 is 0 Å². The molecule has 1 saturated heterocycles. The summed E-state index contributed by atoms with van der Waals surface area (Å²) in [6, 6.07) is -0.215. The van der Waals surface area contributed by atoms with Crippen molar-refractivity contribution in [1.29, 1.82) is 0 Å². The molecule has 1 heterocycles. The van der Waals surface area contributed by atoms with E-state index in [-0.39, 0.29) is 41.7 Å². The number of rotatable bonds is 12. The standard InChI is InChI=1S/C24H47NO4Si/c1-11-17(3)20(16-26)25-21(27)13-14-24(8)22(28-24)18(4)15-19(12-2)29-30(9,10)23(5,6)7/h13-14,17-20,22,26H,11-12,15-16H2,1-10H3,(H,25,27)/b14-13+/t17-,18-,19+,20+,22+,24+/m0/s1. The topological polar surface area (TPSA) is 71.1 Å². The van der Waals surface area contributed by atoms with E-state index < -0.39 is 13.9 Å². The van der Waals surface area contributed by atoms with Gasteiger partial charge in [-0.15, -0.1) is 0 Å². The van der Waals surface area contributed by atoms with Crippen LogP contribution in [-0.2, 0) is 14.0 Å². The third-order valence-electron chi connectivity index (χ3n) is 7.18. The number of epoxide rings is 1. The molecule has 6 atom stereocenters. The van der Waals surface area contributed by atoms with Gasteiger partial charge in [0.1, 0.15) is 5.60 Å². The molecule has 0 saturated carbocycles. The lowest BCUT2D eigenvalue weighted by Crippen LogP contribution is -2.44. The Hall–Kier alpha value is -0.693. The van der Waals surface area contributed by atoms with Crippen LogP contribution in [0.4, 0.5) is 0 Å². The van der Waals surface area contributed by atoms with Gasteiger partial charge in [-0.25, -0.2) is 0 Å². The van der Waals surface area contributed by atoms with E-state index in [1.807, 2.05) is 19.9 Å². The molecule has 5 nitrogen and oxygen atoms in total. The van der Waals surface area contributed by atoms with E-state index in [0.29, 0.717) is 5.92 Å². The maximum Gasteiger partial charge on any atom is 0.244 e. The van der Waals surface area contributed by atoms with E-state index in [0.717, 1.165) is 19.3 Å². The molecule has 1 amide bonds. The van der Waals surface area contributed by atoms with Crippen molar-refractivity contribution < 1.29 is 19.1 Å². The van der Waals surface area contributed by atoms with E-state index in [1.165, 1.54) is 0 Å². The van der Waals surface area contributed by atoms with Crippen LogP contribution in [0.5, 0.6) is 0 Å². The maximum absolute atomic E-state index is 12.3. The summed E-state index contributed by atoms with van der Waals surface area (Å²) in [7, 11) is -1.80. The van der Waals surface area contributed by atoms with Crippen LogP contribution in [0.3, 0.4) is 0 Å². The quantitative estimate of drug-likeness (QED) is 0.252. The molecular weight excluding hydrogens is 394 g/mol. The fraction of sp³-hybridized carbons (Fsp3) is 0.875. The van der Waals surface area contributed by atoms with Crippen molar-refractivity contribution in [2.75, 3.05) is 6.61 Å². The number of aliphatic hydroxyl groups is 1. The monoisotopic (exact) mass is 441 g/mol. The zero-order chi connectivity index (χ0) is 23.3. The van der Waals surface area contributed by atoms with Gasteiger partial charge in [-0.05, 0) is 55.8 Å². The van der Waals surface area contributed by atoms with Crippen molar-refractivity contribution in [2.24, 2.45) is 11.8 Å². The third-order valence-corrected chi connectivity index (χ3v) is 11.7. The molecule has 1 fully saturated rings. The summed E-state index contributed by atoms with van der Waals surface area (Å²) in [6.07, 6.45) is 6.63. The van der Waals surface area contributed by atoms with E-state index in [9.17, 15) is 9.90 Å². The fourth-order valence-electron chi connectivity index (χ4n) is 3.61. The van der Waals surface area contributed by atoms with E-state index in [1.54, 1.807) is 6.08 Å². The van der Waals surface area contributed by atoms with Crippen LogP contribution in [0.15, 0.2) is 12.2 Å². The molecule has 0 spiro atoms. The molecule has 176 valence electrons. The summed E-state index contributed by atoms with van der Waals surface area (Å²) in [4.78, 5) is 12.3. The molecule has 0 aliphatic carbocycles. The summed E-state index contributed by atoms with van der Waals surface area (Å²) in [5.74, 6) is 0.410. The number of aliphatic hydroxyl groups excluding tert-OH is 1. The van der Waals surface area contributed by atoms with Crippen LogP contribution in [-0.4, -0.2) is 49.8 Å². The van der Waals surface area contributed by atoms with Crippen LogP contribution < -0.4 is 5.32 Å². The molecule has 2 N–H and O–H groups in total. The average molecular weight is 442 g/mol.